The predicted molar refractivity (Wildman–Crippen MR) is 37.3 cm³/mol. The summed E-state index contributed by atoms with van der Waals surface area (Å²) in [6, 6.07) is 0. The molecule has 0 aromatic heterocycles. The molecule has 0 bridgehead atoms. The zero-order valence-corrected chi connectivity index (χ0v) is 8.83. The van der Waals surface area contributed by atoms with Crippen LogP contribution >= 0.6 is 0 Å². The molecule has 0 aliphatic rings. The Labute approximate surface area is 54.5 Å². The molecule has 0 unspecified atom stereocenters. The summed E-state index contributed by atoms with van der Waals surface area (Å²) < 4.78 is 2.12. The number of rotatable bonds is 2. The van der Waals surface area contributed by atoms with Crippen LogP contribution in [0.2, 0.25) is 8.94 Å². The quantitative estimate of drug-likeness (QED) is 0.538. The normalized spacial score (nSPS) is 10.6. The minimum absolute atomic E-state index is 0.0972. The summed E-state index contributed by atoms with van der Waals surface area (Å²) in [4.78, 5) is 0. The first kappa shape index (κ1) is 7.64. The fraction of sp³-hybridized carbons (Fsp3) is 1.00. The van der Waals surface area contributed by atoms with Crippen molar-refractivity contribution in [3.8, 4) is 0 Å². The molecular formula is C6H15Ga. The van der Waals surface area contributed by atoms with Crippen molar-refractivity contribution in [1.29, 1.82) is 0 Å². The van der Waals surface area contributed by atoms with E-state index < -0.39 is 0 Å². The average molecular weight is 157 g/mol. The van der Waals surface area contributed by atoms with Crippen molar-refractivity contribution < 1.29 is 0 Å². The van der Waals surface area contributed by atoms with Crippen molar-refractivity contribution in [2.24, 2.45) is 0 Å². The second-order valence-corrected chi connectivity index (χ2v) is 10.9. The molecule has 0 heterocycles. The molecule has 0 rings (SSSR count). The summed E-state index contributed by atoms with van der Waals surface area (Å²) >= 11 is -0.0972. The molecule has 0 N–H and O–H groups in total. The topological polar surface area (TPSA) is 0 Å². The monoisotopic (exact) mass is 156 g/mol. The molecule has 0 spiro atoms. The predicted octanol–water partition coefficient (Wildman–Crippen LogP) is 2.08. The van der Waals surface area contributed by atoms with E-state index in [9.17, 15) is 0 Å². The molecule has 0 amide bonds. The molecule has 7 heavy (non-hydrogen) atoms. The third-order valence-electron chi connectivity index (χ3n) is 0.943. The Hall–Kier alpha value is 0.636. The number of hydrogen-bond donors (Lipinski definition) is 0. The van der Waals surface area contributed by atoms with E-state index in [2.05, 4.69) is 27.7 Å². The van der Waals surface area contributed by atoms with Crippen LogP contribution in [0.5, 0.6) is 0 Å². The van der Waals surface area contributed by atoms with Gasteiger partial charge >= 0.3 is 54.0 Å². The summed E-state index contributed by atoms with van der Waals surface area (Å²) in [6.45, 7) is 9.39. The van der Waals surface area contributed by atoms with Crippen LogP contribution in [-0.2, 0) is 0 Å². The Kier molecular flexibility index (Phi) is 3.94. The van der Waals surface area contributed by atoms with E-state index in [1.807, 2.05) is 0 Å². The van der Waals surface area contributed by atoms with Crippen LogP contribution in [0.15, 0.2) is 0 Å². The Balaban J connectivity index is 2.95. The molecule has 0 aliphatic carbocycles. The Bertz CT molecular complexity index is 33.4. The van der Waals surface area contributed by atoms with Gasteiger partial charge in [-0.2, -0.15) is 0 Å². The summed E-state index contributed by atoms with van der Waals surface area (Å²) in [5, 5.41) is 0. The first-order valence-electron chi connectivity index (χ1n) is 3.13. The second kappa shape index (κ2) is 3.62. The molecule has 42 valence electrons. The van der Waals surface area contributed by atoms with Crippen LogP contribution in [0.4, 0.5) is 0 Å². The molecule has 0 nitrogen and oxygen atoms in total. The minimum atomic E-state index is -0.0972. The van der Waals surface area contributed by atoms with E-state index >= 15 is 0 Å². The zero-order valence-electron chi connectivity index (χ0n) is 5.86. The van der Waals surface area contributed by atoms with E-state index in [1.54, 1.807) is 0 Å². The first-order valence-corrected chi connectivity index (χ1v) is 6.55. The summed E-state index contributed by atoms with van der Waals surface area (Å²) in [7, 11) is 0. The molecule has 0 aliphatic heterocycles. The van der Waals surface area contributed by atoms with Crippen LogP contribution in [-0.4, -0.2) is 17.4 Å². The summed E-state index contributed by atoms with van der Waals surface area (Å²) in [5.41, 5.74) is 0. The fourth-order valence-electron chi connectivity index (χ4n) is 0.943. The van der Waals surface area contributed by atoms with E-state index in [0.717, 1.165) is 8.94 Å². The summed E-state index contributed by atoms with van der Waals surface area (Å²) in [6.07, 6.45) is 0. The van der Waals surface area contributed by atoms with Gasteiger partial charge in [0.2, 0.25) is 0 Å². The van der Waals surface area contributed by atoms with E-state index in [0.29, 0.717) is 0 Å². The molecule has 0 aromatic rings. The Morgan fingerprint density at radius 1 is 0.857 bits per heavy atom. The molecule has 0 radical (unpaired) electrons. The van der Waals surface area contributed by atoms with Crippen molar-refractivity contribution in [1.82, 2.24) is 0 Å². The average Bonchev–Trinajstić information content (AvgIpc) is 1.27. The maximum absolute atomic E-state index is 2.35. The fourth-order valence-corrected chi connectivity index (χ4v) is 4.90. The molecule has 0 aromatic carbocycles. The molecular weight excluding hydrogens is 142 g/mol. The van der Waals surface area contributed by atoms with Crippen molar-refractivity contribution in [3.63, 3.8) is 0 Å². The zero-order chi connectivity index (χ0) is 5.86. The van der Waals surface area contributed by atoms with Gasteiger partial charge in [-0.25, -0.2) is 0 Å². The van der Waals surface area contributed by atoms with E-state index in [4.69, 9.17) is 0 Å². The van der Waals surface area contributed by atoms with E-state index in [-0.39, 0.29) is 17.4 Å². The van der Waals surface area contributed by atoms with Crippen LogP contribution in [0, 0.1) is 0 Å². The van der Waals surface area contributed by atoms with Crippen LogP contribution in [0.1, 0.15) is 27.7 Å². The molecule has 0 saturated carbocycles. The van der Waals surface area contributed by atoms with Gasteiger partial charge in [0.25, 0.3) is 0 Å². The molecule has 0 saturated heterocycles. The van der Waals surface area contributed by atoms with Gasteiger partial charge in [0.15, 0.2) is 0 Å². The van der Waals surface area contributed by atoms with E-state index in [1.165, 1.54) is 0 Å². The van der Waals surface area contributed by atoms with Crippen LogP contribution in [0.25, 0.3) is 0 Å². The molecule has 0 fully saturated rings. The van der Waals surface area contributed by atoms with Gasteiger partial charge in [-0.1, -0.05) is 0 Å². The molecule has 1 heteroatoms. The first-order chi connectivity index (χ1) is 3.13. The third-order valence-corrected chi connectivity index (χ3v) is 4.90. The van der Waals surface area contributed by atoms with Crippen LogP contribution < -0.4 is 0 Å². The van der Waals surface area contributed by atoms with Gasteiger partial charge < -0.3 is 0 Å². The van der Waals surface area contributed by atoms with Gasteiger partial charge in [-0.15, -0.1) is 0 Å². The number of hydrogen-bond acceptors (Lipinski definition) is 0. The van der Waals surface area contributed by atoms with Gasteiger partial charge in [0, 0.05) is 0 Å². The van der Waals surface area contributed by atoms with Gasteiger partial charge in [0.1, 0.15) is 0 Å². The van der Waals surface area contributed by atoms with Crippen molar-refractivity contribution >= 4 is 17.4 Å². The Morgan fingerprint density at radius 3 is 1.14 bits per heavy atom. The van der Waals surface area contributed by atoms with Crippen molar-refractivity contribution in [2.75, 3.05) is 0 Å². The van der Waals surface area contributed by atoms with Gasteiger partial charge in [-0.3, -0.25) is 0 Å². The Morgan fingerprint density at radius 2 is 1.14 bits per heavy atom. The third kappa shape index (κ3) is 6.64. The second-order valence-electron chi connectivity index (χ2n) is 3.02. The maximum atomic E-state index is 2.35. The standard InChI is InChI=1S/2C3H7.Ga.H/c2*1-3-2;;/h2*3H,1-2H3;;. The SMILES string of the molecule is C[CH](C)[GaH][CH](C)C. The van der Waals surface area contributed by atoms with Crippen LogP contribution in [0.3, 0.4) is 0 Å². The summed E-state index contributed by atoms with van der Waals surface area (Å²) in [5.74, 6) is 0. The van der Waals surface area contributed by atoms with Gasteiger partial charge in [0.05, 0.1) is 0 Å². The van der Waals surface area contributed by atoms with Crippen molar-refractivity contribution in [3.05, 3.63) is 0 Å². The molecule has 0 atom stereocenters. The van der Waals surface area contributed by atoms with Gasteiger partial charge in [-0.05, 0) is 0 Å². The van der Waals surface area contributed by atoms with Crippen molar-refractivity contribution in [2.45, 2.75) is 36.6 Å².